The van der Waals surface area contributed by atoms with Gasteiger partial charge in [0.2, 0.25) is 5.91 Å². The second kappa shape index (κ2) is 6.18. The Morgan fingerprint density at radius 3 is 3.05 bits per heavy atom. The third-order valence-corrected chi connectivity index (χ3v) is 4.38. The molecule has 0 aliphatic carbocycles. The van der Waals surface area contributed by atoms with Crippen LogP contribution in [-0.4, -0.2) is 27.9 Å². The third kappa shape index (κ3) is 3.05. The first kappa shape index (κ1) is 15.2. The monoisotopic (exact) mass is 364 g/mol. The van der Waals surface area contributed by atoms with E-state index >= 15 is 0 Å². The van der Waals surface area contributed by atoms with Crippen molar-refractivity contribution < 1.29 is 4.79 Å². The number of rotatable bonds is 4. The molecule has 0 unspecified atom stereocenters. The number of amides is 1. The van der Waals surface area contributed by atoms with Gasteiger partial charge in [-0.25, -0.2) is 4.98 Å². The Balaban J connectivity index is 1.77. The van der Waals surface area contributed by atoms with Crippen LogP contribution in [0.15, 0.2) is 27.6 Å². The highest BCUT2D eigenvalue weighted by Gasteiger charge is 2.20. The van der Waals surface area contributed by atoms with Crippen LogP contribution in [0.4, 0.5) is 0 Å². The second-order valence-electron chi connectivity index (χ2n) is 5.50. The molecule has 22 heavy (non-hydrogen) atoms. The lowest BCUT2D eigenvalue weighted by molar-refractivity contribution is -0.119. The number of hydrogen-bond acceptors (Lipinski definition) is 4. The van der Waals surface area contributed by atoms with Gasteiger partial charge in [-0.3, -0.25) is 14.0 Å². The molecule has 2 N–H and O–H groups in total. The number of pyridine rings is 1. The lowest BCUT2D eigenvalue weighted by atomic mass is 10.2. The standard InChI is InChI=1S/C15H17BrN4O2/c1-9-12(8-17-7-11-2-3-14(21)18-11)19-13-6-10(16)4-5-20(13)15(9)22/h4-6,11,17H,2-3,7-8H2,1H3,(H,18,21)/t11-/m0/s1. The zero-order valence-electron chi connectivity index (χ0n) is 12.2. The number of carbonyl (C=O) groups is 1. The van der Waals surface area contributed by atoms with Crippen LogP contribution < -0.4 is 16.2 Å². The second-order valence-corrected chi connectivity index (χ2v) is 6.41. The smallest absolute Gasteiger partial charge is 0.261 e. The minimum absolute atomic E-state index is 0.0523. The maximum absolute atomic E-state index is 12.3. The molecule has 1 atom stereocenters. The van der Waals surface area contributed by atoms with Gasteiger partial charge in [-0.15, -0.1) is 0 Å². The maximum Gasteiger partial charge on any atom is 0.261 e. The number of nitrogens with zero attached hydrogens (tertiary/aromatic N) is 2. The summed E-state index contributed by atoms with van der Waals surface area (Å²) in [4.78, 5) is 28.1. The average molecular weight is 365 g/mol. The van der Waals surface area contributed by atoms with Crippen LogP contribution in [0.2, 0.25) is 0 Å². The topological polar surface area (TPSA) is 75.5 Å². The van der Waals surface area contributed by atoms with E-state index < -0.39 is 0 Å². The summed E-state index contributed by atoms with van der Waals surface area (Å²) in [5, 5.41) is 6.18. The summed E-state index contributed by atoms with van der Waals surface area (Å²) in [6, 6.07) is 3.81. The highest BCUT2D eigenvalue weighted by Crippen LogP contribution is 2.12. The van der Waals surface area contributed by atoms with Crippen LogP contribution in [0.25, 0.3) is 5.65 Å². The SMILES string of the molecule is Cc1c(CNC[C@@H]2CCC(=O)N2)nc2cc(Br)ccn2c1=O. The summed E-state index contributed by atoms with van der Waals surface area (Å²) in [7, 11) is 0. The average Bonchev–Trinajstić information content (AvgIpc) is 2.89. The minimum Gasteiger partial charge on any atom is -0.352 e. The fraction of sp³-hybridized carbons (Fsp3) is 0.400. The number of halogens is 1. The molecule has 0 saturated carbocycles. The molecule has 0 aromatic carbocycles. The molecule has 3 rings (SSSR count). The number of nitrogens with one attached hydrogen (secondary N) is 2. The van der Waals surface area contributed by atoms with Crippen molar-refractivity contribution in [3.63, 3.8) is 0 Å². The van der Waals surface area contributed by atoms with E-state index in [0.717, 1.165) is 16.6 Å². The van der Waals surface area contributed by atoms with Crippen LogP contribution >= 0.6 is 15.9 Å². The summed E-state index contributed by atoms with van der Waals surface area (Å²) in [6.45, 7) is 2.99. The molecule has 6 nitrogen and oxygen atoms in total. The van der Waals surface area contributed by atoms with Crippen molar-refractivity contribution in [2.75, 3.05) is 6.54 Å². The first-order chi connectivity index (χ1) is 10.5. The molecule has 2 aromatic rings. The molecule has 116 valence electrons. The summed E-state index contributed by atoms with van der Waals surface area (Å²) in [5.41, 5.74) is 1.95. The Labute approximate surface area is 136 Å². The van der Waals surface area contributed by atoms with Crippen LogP contribution in [0.1, 0.15) is 24.1 Å². The van der Waals surface area contributed by atoms with Crippen LogP contribution in [0, 0.1) is 6.92 Å². The number of aromatic nitrogens is 2. The molecule has 3 heterocycles. The molecular formula is C15H17BrN4O2. The summed E-state index contributed by atoms with van der Waals surface area (Å²) >= 11 is 3.39. The van der Waals surface area contributed by atoms with E-state index in [0.29, 0.717) is 30.7 Å². The summed E-state index contributed by atoms with van der Waals surface area (Å²) in [5.74, 6) is 0.106. The third-order valence-electron chi connectivity index (χ3n) is 3.89. The largest absolute Gasteiger partial charge is 0.352 e. The van der Waals surface area contributed by atoms with Crippen molar-refractivity contribution in [3.05, 3.63) is 44.4 Å². The van der Waals surface area contributed by atoms with E-state index in [1.165, 1.54) is 0 Å². The lowest BCUT2D eigenvalue weighted by Gasteiger charge is -2.12. The Morgan fingerprint density at radius 1 is 1.50 bits per heavy atom. The van der Waals surface area contributed by atoms with Gasteiger partial charge in [0.25, 0.3) is 5.56 Å². The molecular weight excluding hydrogens is 348 g/mol. The molecule has 1 aliphatic rings. The normalized spacial score (nSPS) is 17.9. The highest BCUT2D eigenvalue weighted by atomic mass is 79.9. The fourth-order valence-corrected chi connectivity index (χ4v) is 2.94. The van der Waals surface area contributed by atoms with Crippen LogP contribution in [0.3, 0.4) is 0 Å². The van der Waals surface area contributed by atoms with E-state index in [9.17, 15) is 9.59 Å². The van der Waals surface area contributed by atoms with Crippen LogP contribution in [0.5, 0.6) is 0 Å². The Morgan fingerprint density at radius 2 is 2.32 bits per heavy atom. The van der Waals surface area contributed by atoms with Gasteiger partial charge in [-0.1, -0.05) is 15.9 Å². The maximum atomic E-state index is 12.3. The first-order valence-electron chi connectivity index (χ1n) is 7.22. The molecule has 0 spiro atoms. The van der Waals surface area contributed by atoms with Gasteiger partial charge in [0, 0.05) is 41.8 Å². The lowest BCUT2D eigenvalue weighted by Crippen LogP contribution is -2.36. The van der Waals surface area contributed by atoms with E-state index in [-0.39, 0.29) is 17.5 Å². The van der Waals surface area contributed by atoms with E-state index in [1.54, 1.807) is 17.5 Å². The Kier molecular flexibility index (Phi) is 4.26. The zero-order chi connectivity index (χ0) is 15.7. The van der Waals surface area contributed by atoms with Crippen molar-refractivity contribution in [1.82, 2.24) is 20.0 Å². The molecule has 1 fully saturated rings. The Hall–Kier alpha value is -1.73. The van der Waals surface area contributed by atoms with Gasteiger partial charge in [-0.2, -0.15) is 0 Å². The number of hydrogen-bond donors (Lipinski definition) is 2. The zero-order valence-corrected chi connectivity index (χ0v) is 13.8. The molecule has 7 heteroatoms. The molecule has 0 bridgehead atoms. The van der Waals surface area contributed by atoms with Crippen molar-refractivity contribution >= 4 is 27.5 Å². The van der Waals surface area contributed by atoms with E-state index in [4.69, 9.17) is 0 Å². The van der Waals surface area contributed by atoms with Crippen molar-refractivity contribution in [2.45, 2.75) is 32.4 Å². The van der Waals surface area contributed by atoms with Crippen molar-refractivity contribution in [2.24, 2.45) is 0 Å². The molecule has 0 radical (unpaired) electrons. The van der Waals surface area contributed by atoms with Crippen LogP contribution in [-0.2, 0) is 11.3 Å². The van der Waals surface area contributed by atoms with E-state index in [2.05, 4.69) is 31.5 Å². The first-order valence-corrected chi connectivity index (χ1v) is 8.01. The molecule has 1 saturated heterocycles. The van der Waals surface area contributed by atoms with Gasteiger partial charge < -0.3 is 10.6 Å². The molecule has 1 aliphatic heterocycles. The molecule has 2 aromatic heterocycles. The number of carbonyl (C=O) groups excluding carboxylic acids is 1. The summed E-state index contributed by atoms with van der Waals surface area (Å²) in [6.07, 6.45) is 3.16. The van der Waals surface area contributed by atoms with Gasteiger partial charge in [0.05, 0.1) is 5.69 Å². The van der Waals surface area contributed by atoms with E-state index in [1.807, 2.05) is 12.1 Å². The number of fused-ring (bicyclic) bond motifs is 1. The fourth-order valence-electron chi connectivity index (χ4n) is 2.61. The summed E-state index contributed by atoms with van der Waals surface area (Å²) < 4.78 is 2.43. The minimum atomic E-state index is -0.0523. The Bertz CT molecular complexity index is 787. The van der Waals surface area contributed by atoms with Gasteiger partial charge in [0.15, 0.2) is 0 Å². The highest BCUT2D eigenvalue weighted by molar-refractivity contribution is 9.10. The van der Waals surface area contributed by atoms with Crippen molar-refractivity contribution in [1.29, 1.82) is 0 Å². The predicted octanol–water partition coefficient (Wildman–Crippen LogP) is 1.13. The van der Waals surface area contributed by atoms with Gasteiger partial charge in [0.1, 0.15) is 5.65 Å². The van der Waals surface area contributed by atoms with Gasteiger partial charge in [-0.05, 0) is 25.5 Å². The quantitative estimate of drug-likeness (QED) is 0.852. The van der Waals surface area contributed by atoms with Gasteiger partial charge >= 0.3 is 0 Å². The van der Waals surface area contributed by atoms with Crippen molar-refractivity contribution in [3.8, 4) is 0 Å². The predicted molar refractivity (Wildman–Crippen MR) is 86.8 cm³/mol. The molecule has 1 amide bonds.